The second-order valence-corrected chi connectivity index (χ2v) is 9.15. The van der Waals surface area contributed by atoms with E-state index >= 15 is 0 Å². The van der Waals surface area contributed by atoms with Gasteiger partial charge in [-0.3, -0.25) is 9.59 Å². The van der Waals surface area contributed by atoms with Crippen LogP contribution in [0.5, 0.6) is 11.5 Å². The molecule has 0 aromatic heterocycles. The normalized spacial score (nSPS) is 11.2. The smallest absolute Gasteiger partial charge is 0.311 e. The van der Waals surface area contributed by atoms with E-state index in [9.17, 15) is 9.59 Å². The minimum atomic E-state index is -0.370. The minimum Gasteiger partial charge on any atom is -0.426 e. The van der Waals surface area contributed by atoms with Gasteiger partial charge in [-0.05, 0) is 75.1 Å². The van der Waals surface area contributed by atoms with Crippen molar-refractivity contribution < 1.29 is 19.1 Å². The van der Waals surface area contributed by atoms with Crippen molar-refractivity contribution in [1.29, 1.82) is 0 Å². The van der Waals surface area contributed by atoms with Gasteiger partial charge < -0.3 is 9.47 Å². The molecule has 0 aliphatic heterocycles. The van der Waals surface area contributed by atoms with Crippen LogP contribution in [0.15, 0.2) is 109 Å². The Labute approximate surface area is 214 Å². The predicted molar refractivity (Wildman–Crippen MR) is 148 cm³/mol. The Morgan fingerprint density at radius 1 is 0.459 bits per heavy atom. The molecule has 0 fully saturated rings. The second kappa shape index (κ2) is 9.75. The van der Waals surface area contributed by atoms with E-state index in [1.807, 2.05) is 72.8 Å². The number of benzene rings is 6. The van der Waals surface area contributed by atoms with Crippen molar-refractivity contribution in [3.8, 4) is 11.5 Å². The highest BCUT2D eigenvalue weighted by Crippen LogP contribution is 2.31. The van der Waals surface area contributed by atoms with Gasteiger partial charge in [0.1, 0.15) is 11.5 Å². The third kappa shape index (κ3) is 4.74. The highest BCUT2D eigenvalue weighted by atomic mass is 16.5. The van der Waals surface area contributed by atoms with Gasteiger partial charge in [-0.1, -0.05) is 72.8 Å². The summed E-state index contributed by atoms with van der Waals surface area (Å²) in [5.74, 6) is 0.313. The molecule has 4 heteroatoms. The van der Waals surface area contributed by atoms with Crippen LogP contribution in [0.25, 0.3) is 43.1 Å². The molecule has 0 unspecified atom stereocenters. The maximum absolute atomic E-state index is 12.6. The molecule has 0 radical (unpaired) electrons. The van der Waals surface area contributed by atoms with E-state index in [-0.39, 0.29) is 24.8 Å². The van der Waals surface area contributed by atoms with Gasteiger partial charge >= 0.3 is 11.9 Å². The monoisotopic (exact) mass is 484 g/mol. The van der Waals surface area contributed by atoms with Gasteiger partial charge in [0.05, 0.1) is 0 Å². The number of esters is 2. The first-order valence-electron chi connectivity index (χ1n) is 12.4. The molecule has 6 rings (SSSR count). The number of hydrogen-bond donors (Lipinski definition) is 0. The summed E-state index contributed by atoms with van der Waals surface area (Å²) in [5.41, 5.74) is 0. The first kappa shape index (κ1) is 22.7. The molecule has 0 amide bonds. The Hall–Kier alpha value is -4.70. The Kier molecular flexibility index (Phi) is 5.99. The summed E-state index contributed by atoms with van der Waals surface area (Å²) in [4.78, 5) is 25.2. The van der Waals surface area contributed by atoms with E-state index in [1.165, 1.54) is 0 Å². The van der Waals surface area contributed by atoms with Gasteiger partial charge in [-0.25, -0.2) is 0 Å². The van der Waals surface area contributed by atoms with Gasteiger partial charge in [0, 0.05) is 23.6 Å². The molecule has 0 saturated heterocycles. The van der Waals surface area contributed by atoms with E-state index in [4.69, 9.17) is 9.47 Å². The first-order chi connectivity index (χ1) is 18.1. The maximum Gasteiger partial charge on any atom is 0.311 e. The standard InChI is InChI=1S/C33H24O4/c34-32(36-30-14-5-12-26-18-22-8-1-3-10-24(22)20-28(26)30)16-7-17-33(35)37-31-15-6-13-27-19-23-9-2-4-11-25(23)21-29(27)31/h1-6,8-15,18-21H,7,16-17H2. The number of fused-ring (bicyclic) bond motifs is 4. The molecule has 4 nitrogen and oxygen atoms in total. The van der Waals surface area contributed by atoms with Crippen LogP contribution in [-0.4, -0.2) is 11.9 Å². The van der Waals surface area contributed by atoms with Crippen LogP contribution < -0.4 is 9.47 Å². The molecule has 0 N–H and O–H groups in total. The SMILES string of the molecule is O=C(CCCC(=O)Oc1cccc2cc3ccccc3cc12)Oc1cccc2cc3ccccc3cc12. The fourth-order valence-corrected chi connectivity index (χ4v) is 4.78. The van der Waals surface area contributed by atoms with E-state index < -0.39 is 0 Å². The molecule has 0 bridgehead atoms. The Morgan fingerprint density at radius 2 is 0.838 bits per heavy atom. The largest absolute Gasteiger partial charge is 0.426 e. The molecule has 0 aliphatic carbocycles. The van der Waals surface area contributed by atoms with Crippen molar-refractivity contribution >= 4 is 55.0 Å². The molecule has 6 aromatic rings. The van der Waals surface area contributed by atoms with Gasteiger partial charge in [0.25, 0.3) is 0 Å². The lowest BCUT2D eigenvalue weighted by molar-refractivity contribution is -0.135. The molecular weight excluding hydrogens is 460 g/mol. The Morgan fingerprint density at radius 3 is 1.27 bits per heavy atom. The molecule has 0 heterocycles. The van der Waals surface area contributed by atoms with Crippen LogP contribution in [0.4, 0.5) is 0 Å². The van der Waals surface area contributed by atoms with Crippen LogP contribution >= 0.6 is 0 Å². The maximum atomic E-state index is 12.6. The van der Waals surface area contributed by atoms with Gasteiger partial charge in [-0.2, -0.15) is 0 Å². The van der Waals surface area contributed by atoms with Crippen LogP contribution in [0, 0.1) is 0 Å². The lowest BCUT2D eigenvalue weighted by atomic mass is 10.0. The van der Waals surface area contributed by atoms with Crippen LogP contribution in [0.1, 0.15) is 19.3 Å². The zero-order valence-corrected chi connectivity index (χ0v) is 20.1. The van der Waals surface area contributed by atoms with Crippen molar-refractivity contribution in [3.63, 3.8) is 0 Å². The molecule has 0 spiro atoms. The second-order valence-electron chi connectivity index (χ2n) is 9.15. The molecule has 0 atom stereocenters. The number of rotatable bonds is 6. The van der Waals surface area contributed by atoms with Crippen molar-refractivity contribution in [3.05, 3.63) is 109 Å². The van der Waals surface area contributed by atoms with Crippen LogP contribution in [0.3, 0.4) is 0 Å². The van der Waals surface area contributed by atoms with E-state index in [1.54, 1.807) is 12.1 Å². The van der Waals surface area contributed by atoms with Gasteiger partial charge in [0.2, 0.25) is 0 Å². The molecular formula is C33H24O4. The lowest BCUT2D eigenvalue weighted by Crippen LogP contribution is -2.12. The summed E-state index contributed by atoms with van der Waals surface area (Å²) in [5, 5.41) is 8.24. The summed E-state index contributed by atoms with van der Waals surface area (Å²) < 4.78 is 11.4. The van der Waals surface area contributed by atoms with E-state index in [0.29, 0.717) is 17.9 Å². The molecule has 180 valence electrons. The average molecular weight is 485 g/mol. The highest BCUT2D eigenvalue weighted by molar-refractivity contribution is 6.02. The zero-order valence-electron chi connectivity index (χ0n) is 20.1. The number of carbonyl (C=O) groups is 2. The molecule has 0 aliphatic rings. The lowest BCUT2D eigenvalue weighted by Gasteiger charge is -2.10. The van der Waals surface area contributed by atoms with Crippen LogP contribution in [-0.2, 0) is 9.59 Å². The Bertz CT molecular complexity index is 1670. The molecule has 37 heavy (non-hydrogen) atoms. The summed E-state index contributed by atoms with van der Waals surface area (Å²) in [6.07, 6.45) is 0.595. The minimum absolute atomic E-state index is 0.124. The highest BCUT2D eigenvalue weighted by Gasteiger charge is 2.13. The summed E-state index contributed by atoms with van der Waals surface area (Å²) >= 11 is 0. The number of carbonyl (C=O) groups excluding carboxylic acids is 2. The molecule has 6 aromatic carbocycles. The number of hydrogen-bond acceptors (Lipinski definition) is 4. The first-order valence-corrected chi connectivity index (χ1v) is 12.4. The number of ether oxygens (including phenoxy) is 2. The van der Waals surface area contributed by atoms with E-state index in [2.05, 4.69) is 24.3 Å². The molecule has 0 saturated carbocycles. The van der Waals surface area contributed by atoms with Gasteiger partial charge in [-0.15, -0.1) is 0 Å². The van der Waals surface area contributed by atoms with Crippen molar-refractivity contribution in [2.75, 3.05) is 0 Å². The van der Waals surface area contributed by atoms with Gasteiger partial charge in [0.15, 0.2) is 0 Å². The Balaban J connectivity index is 1.10. The topological polar surface area (TPSA) is 52.6 Å². The summed E-state index contributed by atoms with van der Waals surface area (Å²) in [7, 11) is 0. The van der Waals surface area contributed by atoms with Crippen molar-refractivity contribution in [2.24, 2.45) is 0 Å². The van der Waals surface area contributed by atoms with Crippen molar-refractivity contribution in [2.45, 2.75) is 19.3 Å². The zero-order chi connectivity index (χ0) is 25.2. The average Bonchev–Trinajstić information content (AvgIpc) is 2.91. The van der Waals surface area contributed by atoms with Crippen molar-refractivity contribution in [1.82, 2.24) is 0 Å². The third-order valence-electron chi connectivity index (χ3n) is 6.62. The fraction of sp³-hybridized carbons (Fsp3) is 0.0909. The fourth-order valence-electron chi connectivity index (χ4n) is 4.78. The quantitative estimate of drug-likeness (QED) is 0.137. The summed E-state index contributed by atoms with van der Waals surface area (Å²) in [6, 6.07) is 35.8. The predicted octanol–water partition coefficient (Wildman–Crippen LogP) is 7.98. The third-order valence-corrected chi connectivity index (χ3v) is 6.62. The van der Waals surface area contributed by atoms with E-state index in [0.717, 1.165) is 43.1 Å². The van der Waals surface area contributed by atoms with Crippen LogP contribution in [0.2, 0.25) is 0 Å². The summed E-state index contributed by atoms with van der Waals surface area (Å²) in [6.45, 7) is 0.